The molecule has 0 bridgehead atoms. The second kappa shape index (κ2) is 7.57. The van der Waals surface area contributed by atoms with Crippen LogP contribution in [0.1, 0.15) is 34.1 Å². The van der Waals surface area contributed by atoms with Crippen LogP contribution in [-0.4, -0.2) is 39.3 Å². The van der Waals surface area contributed by atoms with Crippen LogP contribution in [0.2, 0.25) is 18.1 Å². The summed E-state index contributed by atoms with van der Waals surface area (Å²) < 4.78 is 8.19. The number of imidazole rings is 1. The van der Waals surface area contributed by atoms with Gasteiger partial charge in [0.2, 0.25) is 5.95 Å². The van der Waals surface area contributed by atoms with Crippen molar-refractivity contribution in [2.24, 2.45) is 5.92 Å². The monoisotopic (exact) mass is 395 g/mol. The molecule has 2 rings (SSSR count). The molecule has 1 atom stereocenters. The third-order valence-corrected chi connectivity index (χ3v) is 10.1. The lowest BCUT2D eigenvalue weighted by molar-refractivity contribution is 0.251. The Balaban J connectivity index is 2.10. The number of aromatic nitrogens is 4. The van der Waals surface area contributed by atoms with E-state index in [0.29, 0.717) is 24.3 Å². The van der Waals surface area contributed by atoms with Gasteiger partial charge in [0.05, 0.1) is 6.33 Å². The number of hydrogen-bond acceptors (Lipinski definition) is 6. The first-order chi connectivity index (χ1) is 11.9. The standard InChI is InChI=1S/C17H29N5O2SSi/c1-11(25)12(9-24-26(5,6)17(2,3)4)7-8-22-10-19-13-14(22)20-16(18)21-15(13)23/h10,12H,7-9H2,1-6H3,(H3,18,20,21,23). The second-order valence-corrected chi connectivity index (χ2v) is 13.7. The Bertz CT molecular complexity index is 853. The fraction of sp³-hybridized carbons (Fsp3) is 0.647. The molecule has 0 fully saturated rings. The molecule has 2 heterocycles. The highest BCUT2D eigenvalue weighted by molar-refractivity contribution is 7.80. The molecule has 0 saturated carbocycles. The van der Waals surface area contributed by atoms with Gasteiger partial charge >= 0.3 is 0 Å². The SMILES string of the molecule is CC(=S)C(CCn1cnc2c(=O)[nH]c(N)nc21)CO[Si](C)(C)C(C)(C)C. The zero-order valence-corrected chi connectivity index (χ0v) is 18.2. The summed E-state index contributed by atoms with van der Waals surface area (Å²) in [5.41, 5.74) is 6.12. The van der Waals surface area contributed by atoms with Gasteiger partial charge < -0.3 is 14.7 Å². The highest BCUT2D eigenvalue weighted by Crippen LogP contribution is 2.37. The topological polar surface area (TPSA) is 98.8 Å². The zero-order valence-electron chi connectivity index (χ0n) is 16.4. The van der Waals surface area contributed by atoms with Crippen molar-refractivity contribution < 1.29 is 4.43 Å². The molecule has 0 aliphatic heterocycles. The number of fused-ring (bicyclic) bond motifs is 1. The Kier molecular flexibility index (Phi) is 6.04. The normalized spacial score (nSPS) is 13.9. The van der Waals surface area contributed by atoms with Gasteiger partial charge in [0.25, 0.3) is 5.56 Å². The molecule has 0 aliphatic rings. The van der Waals surface area contributed by atoms with E-state index in [-0.39, 0.29) is 22.5 Å². The molecule has 1 unspecified atom stereocenters. The van der Waals surface area contributed by atoms with E-state index in [1.54, 1.807) is 6.33 Å². The van der Waals surface area contributed by atoms with Crippen molar-refractivity contribution in [2.45, 2.75) is 58.8 Å². The van der Waals surface area contributed by atoms with E-state index in [4.69, 9.17) is 22.4 Å². The highest BCUT2D eigenvalue weighted by Gasteiger charge is 2.37. The Hall–Kier alpha value is -1.58. The maximum Gasteiger partial charge on any atom is 0.280 e. The third-order valence-electron chi connectivity index (χ3n) is 5.24. The van der Waals surface area contributed by atoms with Gasteiger partial charge in [-0.25, -0.2) is 4.98 Å². The summed E-state index contributed by atoms with van der Waals surface area (Å²) in [6.07, 6.45) is 2.42. The summed E-state index contributed by atoms with van der Waals surface area (Å²) >= 11 is 5.45. The van der Waals surface area contributed by atoms with Crippen molar-refractivity contribution in [1.29, 1.82) is 0 Å². The third kappa shape index (κ3) is 4.57. The minimum Gasteiger partial charge on any atom is -0.416 e. The number of nitrogens with two attached hydrogens (primary N) is 1. The number of aromatic amines is 1. The molecule has 2 aromatic rings. The van der Waals surface area contributed by atoms with Crippen LogP contribution in [0.5, 0.6) is 0 Å². The van der Waals surface area contributed by atoms with Crippen LogP contribution in [-0.2, 0) is 11.0 Å². The summed E-state index contributed by atoms with van der Waals surface area (Å²) in [7, 11) is -1.82. The molecule has 0 spiro atoms. The Labute approximate surface area is 160 Å². The average molecular weight is 396 g/mol. The first kappa shape index (κ1) is 20.7. The Morgan fingerprint density at radius 1 is 1.46 bits per heavy atom. The maximum absolute atomic E-state index is 11.9. The van der Waals surface area contributed by atoms with Crippen LogP contribution < -0.4 is 11.3 Å². The molecule has 0 aliphatic carbocycles. The Morgan fingerprint density at radius 2 is 2.12 bits per heavy atom. The molecule has 3 N–H and O–H groups in total. The van der Waals surface area contributed by atoms with Gasteiger partial charge in [0, 0.05) is 19.1 Å². The van der Waals surface area contributed by atoms with Gasteiger partial charge in [-0.15, -0.1) is 0 Å². The second-order valence-electron chi connectivity index (χ2n) is 8.23. The summed E-state index contributed by atoms with van der Waals surface area (Å²) in [5, 5.41) is 0.163. The molecule has 0 amide bonds. The van der Waals surface area contributed by atoms with Crippen molar-refractivity contribution in [3.63, 3.8) is 0 Å². The smallest absolute Gasteiger partial charge is 0.280 e. The lowest BCUT2D eigenvalue weighted by Gasteiger charge is -2.37. The van der Waals surface area contributed by atoms with Crippen molar-refractivity contribution in [1.82, 2.24) is 19.5 Å². The number of nitrogen functional groups attached to an aromatic ring is 1. The molecule has 144 valence electrons. The predicted octanol–water partition coefficient (Wildman–Crippen LogP) is 3.12. The van der Waals surface area contributed by atoms with Gasteiger partial charge in [-0.2, -0.15) is 4.98 Å². The first-order valence-electron chi connectivity index (χ1n) is 8.77. The number of nitrogens with one attached hydrogen (secondary N) is 1. The predicted molar refractivity (Wildman–Crippen MR) is 112 cm³/mol. The van der Waals surface area contributed by atoms with Crippen LogP contribution in [0.15, 0.2) is 11.1 Å². The molecule has 0 aromatic carbocycles. The molecule has 0 radical (unpaired) electrons. The fourth-order valence-corrected chi connectivity index (χ4v) is 3.60. The van der Waals surface area contributed by atoms with Gasteiger partial charge in [-0.1, -0.05) is 33.0 Å². The maximum atomic E-state index is 11.9. The van der Waals surface area contributed by atoms with E-state index >= 15 is 0 Å². The van der Waals surface area contributed by atoms with Crippen LogP contribution >= 0.6 is 12.2 Å². The largest absolute Gasteiger partial charge is 0.416 e. The minimum absolute atomic E-state index is 0.0908. The zero-order chi connectivity index (χ0) is 19.7. The molecule has 26 heavy (non-hydrogen) atoms. The van der Waals surface area contributed by atoms with Crippen molar-refractivity contribution in [2.75, 3.05) is 12.3 Å². The van der Waals surface area contributed by atoms with Gasteiger partial charge in [-0.3, -0.25) is 9.78 Å². The van der Waals surface area contributed by atoms with Crippen molar-refractivity contribution in [3.05, 3.63) is 16.7 Å². The summed E-state index contributed by atoms with van der Waals surface area (Å²) in [4.78, 5) is 23.6. The van der Waals surface area contributed by atoms with E-state index in [9.17, 15) is 4.79 Å². The lowest BCUT2D eigenvalue weighted by atomic mass is 10.0. The van der Waals surface area contributed by atoms with Crippen LogP contribution in [0.3, 0.4) is 0 Å². The van der Waals surface area contributed by atoms with Crippen LogP contribution in [0, 0.1) is 5.92 Å². The van der Waals surface area contributed by atoms with E-state index in [2.05, 4.69) is 48.8 Å². The summed E-state index contributed by atoms with van der Waals surface area (Å²) in [5.74, 6) is 0.254. The van der Waals surface area contributed by atoms with E-state index in [1.165, 1.54) is 0 Å². The molecule has 7 nitrogen and oxygen atoms in total. The van der Waals surface area contributed by atoms with Gasteiger partial charge in [0.1, 0.15) is 0 Å². The number of aryl methyl sites for hydroxylation is 1. The summed E-state index contributed by atoms with van der Waals surface area (Å²) in [6.45, 7) is 14.4. The number of anilines is 1. The number of H-pyrrole nitrogens is 1. The van der Waals surface area contributed by atoms with Crippen LogP contribution in [0.25, 0.3) is 11.2 Å². The molecular formula is C17H29N5O2SSi. The van der Waals surface area contributed by atoms with Crippen molar-refractivity contribution >= 4 is 42.5 Å². The van der Waals surface area contributed by atoms with E-state index in [0.717, 1.165) is 11.3 Å². The number of rotatable bonds is 7. The molecule has 9 heteroatoms. The number of thiocarbonyl (C=S) groups is 1. The van der Waals surface area contributed by atoms with Crippen molar-refractivity contribution in [3.8, 4) is 0 Å². The van der Waals surface area contributed by atoms with E-state index < -0.39 is 8.32 Å². The van der Waals surface area contributed by atoms with Crippen LogP contribution in [0.4, 0.5) is 5.95 Å². The average Bonchev–Trinajstić information content (AvgIpc) is 2.88. The number of nitrogens with zero attached hydrogens (tertiary/aromatic N) is 3. The van der Waals surface area contributed by atoms with Gasteiger partial charge in [0.15, 0.2) is 19.5 Å². The molecular weight excluding hydrogens is 366 g/mol. The minimum atomic E-state index is -1.82. The highest BCUT2D eigenvalue weighted by atomic mass is 32.1. The van der Waals surface area contributed by atoms with Gasteiger partial charge in [-0.05, 0) is 36.3 Å². The number of hydrogen-bond donors (Lipinski definition) is 2. The lowest BCUT2D eigenvalue weighted by Crippen LogP contribution is -2.42. The Morgan fingerprint density at radius 3 is 2.69 bits per heavy atom. The quantitative estimate of drug-likeness (QED) is 0.552. The fourth-order valence-electron chi connectivity index (χ4n) is 2.36. The first-order valence-corrected chi connectivity index (χ1v) is 12.1. The van der Waals surface area contributed by atoms with E-state index in [1.807, 2.05) is 11.5 Å². The molecule has 0 saturated heterocycles. The molecule has 2 aromatic heterocycles. The summed E-state index contributed by atoms with van der Waals surface area (Å²) in [6, 6.07) is 0.